The molecule has 5 heteroatoms. The second kappa shape index (κ2) is 7.89. The Labute approximate surface area is 142 Å². The molecule has 1 aromatic rings. The van der Waals surface area contributed by atoms with E-state index in [1.165, 1.54) is 11.1 Å². The van der Waals surface area contributed by atoms with Gasteiger partial charge in [-0.25, -0.2) is 0 Å². The molecule has 1 aromatic carbocycles. The number of allylic oxidation sites excluding steroid dienone is 6. The van der Waals surface area contributed by atoms with Gasteiger partial charge in [-0.2, -0.15) is 0 Å². The van der Waals surface area contributed by atoms with Crippen LogP contribution in [0.4, 0.5) is 0 Å². The Bertz CT molecular complexity index is 766. The molecule has 24 heavy (non-hydrogen) atoms. The minimum atomic E-state index is -4.33. The number of carbonyl (C=O) groups is 1. The normalized spacial score (nSPS) is 14.8. The van der Waals surface area contributed by atoms with E-state index in [0.29, 0.717) is 5.56 Å². The van der Waals surface area contributed by atoms with E-state index in [2.05, 4.69) is 31.2 Å². The summed E-state index contributed by atoms with van der Waals surface area (Å²) in [6.45, 7) is 4.05. The zero-order chi connectivity index (χ0) is 17.7. The highest BCUT2D eigenvalue weighted by atomic mass is 31.2. The van der Waals surface area contributed by atoms with Crippen LogP contribution in [-0.2, 0) is 11.0 Å². The fourth-order valence-electron chi connectivity index (χ4n) is 2.71. The van der Waals surface area contributed by atoms with Gasteiger partial charge in [-0.3, -0.25) is 9.36 Å². The van der Waals surface area contributed by atoms with Crippen molar-refractivity contribution in [2.75, 3.05) is 6.16 Å². The predicted molar refractivity (Wildman–Crippen MR) is 96.3 cm³/mol. The first-order valence-corrected chi connectivity index (χ1v) is 9.81. The Hall–Kier alpha value is -1.74. The monoisotopic (exact) mass is 346 g/mol. The fourth-order valence-corrected chi connectivity index (χ4v) is 3.26. The lowest BCUT2D eigenvalue weighted by atomic mass is 9.96. The highest BCUT2D eigenvalue weighted by Gasteiger charge is 2.20. The van der Waals surface area contributed by atoms with Crippen molar-refractivity contribution in [1.82, 2.24) is 0 Å². The zero-order valence-corrected chi connectivity index (χ0v) is 14.9. The minimum Gasteiger partial charge on any atom is -0.324 e. The molecule has 0 aliphatic heterocycles. The van der Waals surface area contributed by atoms with E-state index in [1.807, 2.05) is 13.0 Å². The molecule has 2 rings (SSSR count). The molecule has 0 fully saturated rings. The summed E-state index contributed by atoms with van der Waals surface area (Å²) in [6.07, 6.45) is 10.7. The van der Waals surface area contributed by atoms with Gasteiger partial charge < -0.3 is 9.79 Å². The standard InChI is InChI=1S/C19H23O4P/c1-3-15-6-4-5-7-16(11-15)12-17-8-9-18(10-14(17)2)19(20)13-24(21,22)23/h5-11H,3-4,12-13H2,1-2H3,(H2,21,22,23). The topological polar surface area (TPSA) is 74.6 Å². The number of benzene rings is 1. The number of ketones is 1. The summed E-state index contributed by atoms with van der Waals surface area (Å²) in [5.74, 6) is -0.525. The molecule has 4 nitrogen and oxygen atoms in total. The van der Waals surface area contributed by atoms with E-state index in [9.17, 15) is 9.36 Å². The Kier molecular flexibility index (Phi) is 6.11. The van der Waals surface area contributed by atoms with Gasteiger partial charge in [0.2, 0.25) is 0 Å². The number of hydrogen-bond acceptors (Lipinski definition) is 2. The first-order chi connectivity index (χ1) is 11.3. The van der Waals surface area contributed by atoms with Gasteiger partial charge in [0.05, 0.1) is 0 Å². The van der Waals surface area contributed by atoms with Crippen LogP contribution in [0.1, 0.15) is 41.3 Å². The van der Waals surface area contributed by atoms with Crippen molar-refractivity contribution in [3.05, 3.63) is 70.3 Å². The van der Waals surface area contributed by atoms with Gasteiger partial charge in [-0.15, -0.1) is 0 Å². The molecule has 0 aromatic heterocycles. The fraction of sp³-hybridized carbons (Fsp3) is 0.316. The first-order valence-electron chi connectivity index (χ1n) is 8.02. The molecular weight excluding hydrogens is 323 g/mol. The smallest absolute Gasteiger partial charge is 0.324 e. The van der Waals surface area contributed by atoms with E-state index in [4.69, 9.17) is 9.79 Å². The summed E-state index contributed by atoms with van der Waals surface area (Å²) < 4.78 is 11.0. The van der Waals surface area contributed by atoms with Crippen LogP contribution in [-0.4, -0.2) is 21.7 Å². The third-order valence-electron chi connectivity index (χ3n) is 4.04. The maximum atomic E-state index is 11.9. The SMILES string of the molecule is CCC1=CCC=CC(Cc2ccc(C(=O)CP(=O)(O)O)cc2C)=C1. The highest BCUT2D eigenvalue weighted by molar-refractivity contribution is 7.52. The molecule has 2 N–H and O–H groups in total. The molecule has 0 saturated carbocycles. The molecule has 0 saturated heterocycles. The Balaban J connectivity index is 2.18. The van der Waals surface area contributed by atoms with Gasteiger partial charge in [0.15, 0.2) is 5.78 Å². The minimum absolute atomic E-state index is 0.346. The largest absolute Gasteiger partial charge is 0.333 e. The molecule has 1 aliphatic rings. The molecule has 1 aliphatic carbocycles. The van der Waals surface area contributed by atoms with Crippen LogP contribution in [0.3, 0.4) is 0 Å². The summed E-state index contributed by atoms with van der Waals surface area (Å²) in [5.41, 5.74) is 4.95. The average Bonchev–Trinajstić information content (AvgIpc) is 2.72. The lowest BCUT2D eigenvalue weighted by Crippen LogP contribution is -2.07. The van der Waals surface area contributed by atoms with Crippen molar-refractivity contribution in [3.8, 4) is 0 Å². The molecule has 0 bridgehead atoms. The molecule has 0 atom stereocenters. The first kappa shape index (κ1) is 18.6. The van der Waals surface area contributed by atoms with E-state index in [0.717, 1.165) is 30.4 Å². The highest BCUT2D eigenvalue weighted by Crippen LogP contribution is 2.35. The van der Waals surface area contributed by atoms with Crippen molar-refractivity contribution in [1.29, 1.82) is 0 Å². The molecule has 128 valence electrons. The Morgan fingerprint density at radius 1 is 1.25 bits per heavy atom. The molecular formula is C19H23O4P. The second-order valence-corrected chi connectivity index (χ2v) is 7.70. The van der Waals surface area contributed by atoms with Crippen molar-refractivity contribution in [3.63, 3.8) is 0 Å². The summed E-state index contributed by atoms with van der Waals surface area (Å²) in [6, 6.07) is 5.24. The molecule has 0 unspecified atom stereocenters. The van der Waals surface area contributed by atoms with Crippen LogP contribution in [0.15, 0.2) is 53.6 Å². The lowest BCUT2D eigenvalue weighted by Gasteiger charge is -2.10. The van der Waals surface area contributed by atoms with Gasteiger partial charge in [-0.1, -0.05) is 48.9 Å². The quantitative estimate of drug-likeness (QED) is 0.600. The van der Waals surface area contributed by atoms with Crippen molar-refractivity contribution in [2.24, 2.45) is 0 Å². The lowest BCUT2D eigenvalue weighted by molar-refractivity contribution is 0.101. The molecule has 0 radical (unpaired) electrons. The Morgan fingerprint density at radius 2 is 2.00 bits per heavy atom. The maximum absolute atomic E-state index is 11.9. The van der Waals surface area contributed by atoms with E-state index in [1.54, 1.807) is 12.1 Å². The zero-order valence-electron chi connectivity index (χ0n) is 14.0. The number of aryl methyl sites for hydroxylation is 1. The van der Waals surface area contributed by atoms with Crippen molar-refractivity contribution in [2.45, 2.75) is 33.1 Å². The van der Waals surface area contributed by atoms with E-state index < -0.39 is 19.5 Å². The number of carbonyl (C=O) groups excluding carboxylic acids is 1. The average molecular weight is 346 g/mol. The molecule has 0 spiro atoms. The van der Waals surface area contributed by atoms with Gasteiger partial charge in [0, 0.05) is 5.56 Å². The van der Waals surface area contributed by atoms with Crippen LogP contribution in [0.5, 0.6) is 0 Å². The van der Waals surface area contributed by atoms with Crippen LogP contribution in [0.25, 0.3) is 0 Å². The number of hydrogen-bond donors (Lipinski definition) is 2. The summed E-state index contributed by atoms with van der Waals surface area (Å²) in [5, 5.41) is 0. The van der Waals surface area contributed by atoms with Gasteiger partial charge in [-0.05, 0) is 49.0 Å². The summed E-state index contributed by atoms with van der Waals surface area (Å²) >= 11 is 0. The third kappa shape index (κ3) is 5.41. The van der Waals surface area contributed by atoms with Crippen molar-refractivity contribution < 1.29 is 19.1 Å². The van der Waals surface area contributed by atoms with Crippen LogP contribution < -0.4 is 0 Å². The number of rotatable bonds is 6. The van der Waals surface area contributed by atoms with Gasteiger partial charge in [0.1, 0.15) is 6.16 Å². The Morgan fingerprint density at radius 3 is 2.62 bits per heavy atom. The van der Waals surface area contributed by atoms with Crippen LogP contribution in [0, 0.1) is 6.92 Å². The number of Topliss-reactive ketones (excluding diaryl/α,β-unsaturated/α-hetero) is 1. The second-order valence-electron chi connectivity index (χ2n) is 6.05. The predicted octanol–water partition coefficient (Wildman–Crippen LogP) is 4.12. The summed E-state index contributed by atoms with van der Waals surface area (Å²) in [4.78, 5) is 29.8. The van der Waals surface area contributed by atoms with Gasteiger partial charge in [0.25, 0.3) is 0 Å². The van der Waals surface area contributed by atoms with E-state index >= 15 is 0 Å². The van der Waals surface area contributed by atoms with Crippen molar-refractivity contribution >= 4 is 13.4 Å². The molecule has 0 heterocycles. The maximum Gasteiger partial charge on any atom is 0.333 e. The van der Waals surface area contributed by atoms with Crippen LogP contribution in [0.2, 0.25) is 0 Å². The van der Waals surface area contributed by atoms with Gasteiger partial charge >= 0.3 is 7.60 Å². The molecule has 0 amide bonds. The summed E-state index contributed by atoms with van der Waals surface area (Å²) in [7, 11) is -4.33. The van der Waals surface area contributed by atoms with E-state index in [-0.39, 0.29) is 0 Å². The van der Waals surface area contributed by atoms with Crippen LogP contribution >= 0.6 is 7.60 Å². The third-order valence-corrected chi connectivity index (χ3v) is 4.73.